The molecule has 210 valence electrons. The molecule has 1 aliphatic heterocycles. The van der Waals surface area contributed by atoms with Crippen LogP contribution in [0.25, 0.3) is 0 Å². The van der Waals surface area contributed by atoms with Gasteiger partial charge in [-0.1, -0.05) is 124 Å². The van der Waals surface area contributed by atoms with Crippen molar-refractivity contribution in [3.8, 4) is 0 Å². The summed E-state index contributed by atoms with van der Waals surface area (Å²) < 4.78 is 23.3. The quantitative estimate of drug-likeness (QED) is 0.0965. The number of nitrogens with zero attached hydrogens (tertiary/aromatic N) is 1. The third-order valence-corrected chi connectivity index (χ3v) is 8.54. The molecule has 2 atom stereocenters. The number of hydrogen-bond donors (Lipinski definition) is 1. The lowest BCUT2D eigenvalue weighted by Gasteiger charge is -2.24. The third-order valence-electron chi connectivity index (χ3n) is 7.46. The molecule has 5 nitrogen and oxygen atoms in total. The monoisotopic (exact) mass is 517 g/mol. The van der Waals surface area contributed by atoms with Crippen LogP contribution in [-0.4, -0.2) is 42.1 Å². The Morgan fingerprint density at radius 1 is 0.771 bits per heavy atom. The summed E-state index contributed by atoms with van der Waals surface area (Å²) in [5.41, 5.74) is 0. The topological polar surface area (TPSA) is 59.0 Å². The van der Waals surface area contributed by atoms with Gasteiger partial charge in [0.25, 0.3) is 0 Å². The highest BCUT2D eigenvalue weighted by atomic mass is 31.2. The summed E-state index contributed by atoms with van der Waals surface area (Å²) in [5, 5.41) is 0. The summed E-state index contributed by atoms with van der Waals surface area (Å²) in [5.74, 6) is 0.742. The van der Waals surface area contributed by atoms with Crippen molar-refractivity contribution in [3.05, 3.63) is 0 Å². The van der Waals surface area contributed by atoms with E-state index in [1.54, 1.807) is 0 Å². The van der Waals surface area contributed by atoms with Crippen LogP contribution in [0.4, 0.5) is 0 Å². The number of likely N-dealkylation sites (tertiary alicyclic amines) is 1. The van der Waals surface area contributed by atoms with Crippen molar-refractivity contribution in [2.24, 2.45) is 5.92 Å². The fourth-order valence-electron chi connectivity index (χ4n) is 5.27. The first-order valence-electron chi connectivity index (χ1n) is 15.4. The minimum atomic E-state index is -3.95. The predicted molar refractivity (Wildman–Crippen MR) is 150 cm³/mol. The van der Waals surface area contributed by atoms with Crippen molar-refractivity contribution < 1.29 is 18.5 Å². The second-order valence-electron chi connectivity index (χ2n) is 11.0. The first kappa shape index (κ1) is 33.1. The SMILES string of the molecule is CCCCCCCCCOP(=O)(O)OC1CCN(CC(CCCCCCC)CCCCCCC)C1. The summed E-state index contributed by atoms with van der Waals surface area (Å²) in [6.45, 7) is 9.91. The smallest absolute Gasteiger partial charge is 0.302 e. The molecule has 0 aromatic rings. The fraction of sp³-hybridized carbons (Fsp3) is 1.00. The van der Waals surface area contributed by atoms with E-state index in [-0.39, 0.29) is 6.10 Å². The largest absolute Gasteiger partial charge is 0.472 e. The van der Waals surface area contributed by atoms with Crippen LogP contribution in [0.5, 0.6) is 0 Å². The van der Waals surface area contributed by atoms with Gasteiger partial charge < -0.3 is 9.79 Å². The molecule has 6 heteroatoms. The second-order valence-corrected chi connectivity index (χ2v) is 12.4. The molecule has 0 amide bonds. The van der Waals surface area contributed by atoms with Crippen molar-refractivity contribution >= 4 is 7.82 Å². The number of phosphoric ester groups is 1. The van der Waals surface area contributed by atoms with E-state index in [1.165, 1.54) is 109 Å². The molecule has 1 rings (SSSR count). The van der Waals surface area contributed by atoms with Crippen LogP contribution >= 0.6 is 7.82 Å². The Morgan fingerprint density at radius 2 is 1.26 bits per heavy atom. The van der Waals surface area contributed by atoms with E-state index >= 15 is 0 Å². The average Bonchev–Trinajstić information content (AvgIpc) is 3.26. The second kappa shape index (κ2) is 22.1. The molecule has 1 N–H and O–H groups in total. The Morgan fingerprint density at radius 3 is 1.80 bits per heavy atom. The number of hydrogen-bond acceptors (Lipinski definition) is 4. The zero-order valence-corrected chi connectivity index (χ0v) is 24.6. The first-order valence-corrected chi connectivity index (χ1v) is 16.9. The number of phosphoric acid groups is 1. The normalized spacial score (nSPS) is 18.5. The van der Waals surface area contributed by atoms with Gasteiger partial charge in [-0.15, -0.1) is 0 Å². The van der Waals surface area contributed by atoms with Gasteiger partial charge in [-0.25, -0.2) is 4.57 Å². The minimum absolute atomic E-state index is 0.186. The lowest BCUT2D eigenvalue weighted by molar-refractivity contribution is 0.103. The summed E-state index contributed by atoms with van der Waals surface area (Å²) in [4.78, 5) is 12.6. The van der Waals surface area contributed by atoms with Gasteiger partial charge >= 0.3 is 7.82 Å². The summed E-state index contributed by atoms with van der Waals surface area (Å²) >= 11 is 0. The van der Waals surface area contributed by atoms with Crippen molar-refractivity contribution in [1.82, 2.24) is 4.90 Å². The van der Waals surface area contributed by atoms with E-state index in [9.17, 15) is 9.46 Å². The van der Waals surface area contributed by atoms with Crippen LogP contribution in [0, 0.1) is 5.92 Å². The van der Waals surface area contributed by atoms with Gasteiger partial charge in [0.05, 0.1) is 12.7 Å². The molecule has 1 heterocycles. The van der Waals surface area contributed by atoms with Gasteiger partial charge in [-0.05, 0) is 31.6 Å². The minimum Gasteiger partial charge on any atom is -0.302 e. The zero-order valence-electron chi connectivity index (χ0n) is 23.7. The highest BCUT2D eigenvalue weighted by Crippen LogP contribution is 2.46. The molecule has 0 aromatic carbocycles. The van der Waals surface area contributed by atoms with Crippen molar-refractivity contribution in [2.75, 3.05) is 26.2 Å². The van der Waals surface area contributed by atoms with Crippen LogP contribution in [0.2, 0.25) is 0 Å². The Hall–Kier alpha value is 0.0700. The Balaban J connectivity index is 2.30. The van der Waals surface area contributed by atoms with Gasteiger partial charge in [0.1, 0.15) is 0 Å². The maximum atomic E-state index is 12.4. The van der Waals surface area contributed by atoms with Crippen LogP contribution in [0.15, 0.2) is 0 Å². The summed E-state index contributed by atoms with van der Waals surface area (Å²) in [6.07, 6.45) is 24.9. The molecule has 1 fully saturated rings. The molecule has 0 saturated carbocycles. The molecule has 0 aromatic heterocycles. The lowest BCUT2D eigenvalue weighted by Crippen LogP contribution is -2.29. The third kappa shape index (κ3) is 18.9. The average molecular weight is 518 g/mol. The molecule has 2 unspecified atom stereocenters. The molecule has 0 spiro atoms. The maximum Gasteiger partial charge on any atom is 0.472 e. The van der Waals surface area contributed by atoms with E-state index in [0.717, 1.165) is 44.8 Å². The van der Waals surface area contributed by atoms with E-state index in [2.05, 4.69) is 25.7 Å². The van der Waals surface area contributed by atoms with E-state index in [4.69, 9.17) is 9.05 Å². The predicted octanol–water partition coefficient (Wildman–Crippen LogP) is 9.28. The number of rotatable bonds is 25. The van der Waals surface area contributed by atoms with Crippen LogP contribution in [0.3, 0.4) is 0 Å². The van der Waals surface area contributed by atoms with E-state index in [1.807, 2.05) is 0 Å². The van der Waals surface area contributed by atoms with Crippen molar-refractivity contribution in [2.45, 2.75) is 155 Å². The molecule has 1 saturated heterocycles. The van der Waals surface area contributed by atoms with Crippen molar-refractivity contribution in [3.63, 3.8) is 0 Å². The Bertz CT molecular complexity index is 505. The molecular weight excluding hydrogens is 457 g/mol. The first-order chi connectivity index (χ1) is 17.0. The lowest BCUT2D eigenvalue weighted by atomic mass is 9.93. The van der Waals surface area contributed by atoms with Gasteiger partial charge in [0, 0.05) is 19.6 Å². The van der Waals surface area contributed by atoms with E-state index < -0.39 is 7.82 Å². The zero-order chi connectivity index (χ0) is 25.6. The van der Waals surface area contributed by atoms with E-state index in [0.29, 0.717) is 6.61 Å². The molecule has 1 aliphatic rings. The van der Waals surface area contributed by atoms with Crippen LogP contribution in [0.1, 0.15) is 149 Å². The van der Waals surface area contributed by atoms with Gasteiger partial charge in [-0.2, -0.15) is 0 Å². The summed E-state index contributed by atoms with van der Waals surface area (Å²) in [7, 11) is -3.95. The molecular formula is C29H60NO4P. The van der Waals surface area contributed by atoms with Crippen LogP contribution < -0.4 is 0 Å². The maximum absolute atomic E-state index is 12.4. The van der Waals surface area contributed by atoms with Gasteiger partial charge in [-0.3, -0.25) is 9.05 Å². The summed E-state index contributed by atoms with van der Waals surface area (Å²) in [6, 6.07) is 0. The molecule has 0 radical (unpaired) electrons. The van der Waals surface area contributed by atoms with Crippen LogP contribution in [-0.2, 0) is 13.6 Å². The van der Waals surface area contributed by atoms with Gasteiger partial charge in [0.2, 0.25) is 0 Å². The Labute approximate surface area is 218 Å². The standard InChI is InChI=1S/C29H60NO4P/c1-4-7-10-13-14-17-20-25-33-35(31,32)34-29-23-24-30(27-29)26-28(21-18-15-11-8-5-2)22-19-16-12-9-6-3/h28-29H,4-27H2,1-3H3,(H,31,32). The van der Waals surface area contributed by atoms with Crippen molar-refractivity contribution in [1.29, 1.82) is 0 Å². The fourth-order valence-corrected chi connectivity index (χ4v) is 6.24. The highest BCUT2D eigenvalue weighted by molar-refractivity contribution is 7.47. The molecule has 0 bridgehead atoms. The Kier molecular flexibility index (Phi) is 20.9. The number of unbranched alkanes of at least 4 members (excludes halogenated alkanes) is 14. The highest BCUT2D eigenvalue weighted by Gasteiger charge is 2.32. The van der Waals surface area contributed by atoms with Gasteiger partial charge in [0.15, 0.2) is 0 Å². The molecule has 35 heavy (non-hydrogen) atoms. The molecule has 0 aliphatic carbocycles.